The van der Waals surface area contributed by atoms with Crippen molar-refractivity contribution in [2.45, 2.75) is 45.1 Å². The summed E-state index contributed by atoms with van der Waals surface area (Å²) >= 11 is 0. The molecule has 1 heterocycles. The van der Waals surface area contributed by atoms with Gasteiger partial charge in [0.1, 0.15) is 0 Å². The minimum absolute atomic E-state index is 0.0198. The van der Waals surface area contributed by atoms with Crippen LogP contribution in [-0.2, 0) is 12.8 Å². The summed E-state index contributed by atoms with van der Waals surface area (Å²) in [4.78, 5) is 12.5. The van der Waals surface area contributed by atoms with Crippen LogP contribution in [0, 0.1) is 0 Å². The molecule has 2 amide bonds. The van der Waals surface area contributed by atoms with Gasteiger partial charge in [-0.25, -0.2) is 4.79 Å². The summed E-state index contributed by atoms with van der Waals surface area (Å²) in [7, 11) is 0. The van der Waals surface area contributed by atoms with E-state index in [-0.39, 0.29) is 12.1 Å². The third-order valence-electron chi connectivity index (χ3n) is 5.52. The highest BCUT2D eigenvalue weighted by Gasteiger charge is 2.16. The van der Waals surface area contributed by atoms with Crippen LogP contribution in [0.15, 0.2) is 67.0 Å². The summed E-state index contributed by atoms with van der Waals surface area (Å²) < 4.78 is 2.03. The quantitative estimate of drug-likeness (QED) is 0.598. The topological polar surface area (TPSA) is 46.1 Å². The molecule has 0 saturated heterocycles. The van der Waals surface area contributed by atoms with Crippen LogP contribution in [-0.4, -0.2) is 10.6 Å². The predicted octanol–water partition coefficient (Wildman–Crippen LogP) is 5.63. The van der Waals surface area contributed by atoms with Gasteiger partial charge in [0, 0.05) is 23.8 Å². The Labute approximate surface area is 166 Å². The van der Waals surface area contributed by atoms with Crippen molar-refractivity contribution < 1.29 is 4.79 Å². The van der Waals surface area contributed by atoms with Crippen molar-refractivity contribution in [2.75, 3.05) is 5.32 Å². The van der Waals surface area contributed by atoms with E-state index in [1.54, 1.807) is 0 Å². The van der Waals surface area contributed by atoms with Gasteiger partial charge in [-0.3, -0.25) is 0 Å². The van der Waals surface area contributed by atoms with Gasteiger partial charge in [-0.15, -0.1) is 0 Å². The van der Waals surface area contributed by atoms with Gasteiger partial charge in [0.25, 0.3) is 0 Å². The number of fused-ring (bicyclic) bond motifs is 1. The SMILES string of the molecule is CCC(NC(=O)Nc1ccc(-n2cccc2)cc1)c1ccc2c(c1)CCCC2. The number of hydrogen-bond donors (Lipinski definition) is 2. The summed E-state index contributed by atoms with van der Waals surface area (Å²) in [5.41, 5.74) is 5.97. The standard InChI is InChI=1S/C24H27N3O/c1-2-23(20-10-9-18-7-3-4-8-19(18)17-20)26-24(28)25-21-11-13-22(14-12-21)27-15-5-6-16-27/h5-6,9-17,23H,2-4,7-8H2,1H3,(H2,25,26,28). The highest BCUT2D eigenvalue weighted by atomic mass is 16.2. The monoisotopic (exact) mass is 373 g/mol. The molecule has 1 unspecified atom stereocenters. The lowest BCUT2D eigenvalue weighted by molar-refractivity contribution is 0.248. The van der Waals surface area contributed by atoms with Crippen LogP contribution in [0.25, 0.3) is 5.69 Å². The molecule has 0 aliphatic heterocycles. The first-order valence-corrected chi connectivity index (χ1v) is 10.2. The molecule has 4 rings (SSSR count). The Hall–Kier alpha value is -3.01. The van der Waals surface area contributed by atoms with E-state index in [4.69, 9.17) is 0 Å². The number of urea groups is 1. The number of hydrogen-bond acceptors (Lipinski definition) is 1. The van der Waals surface area contributed by atoms with E-state index in [2.05, 4.69) is 35.8 Å². The molecule has 0 saturated carbocycles. The number of benzene rings is 2. The molecule has 0 fully saturated rings. The minimum atomic E-state index is -0.168. The van der Waals surface area contributed by atoms with Gasteiger partial charge < -0.3 is 15.2 Å². The van der Waals surface area contributed by atoms with Crippen LogP contribution in [0.1, 0.15) is 48.9 Å². The number of amides is 2. The molecular weight excluding hydrogens is 346 g/mol. The molecule has 144 valence electrons. The van der Waals surface area contributed by atoms with Crippen molar-refractivity contribution in [3.05, 3.63) is 83.7 Å². The van der Waals surface area contributed by atoms with Crippen molar-refractivity contribution in [3.8, 4) is 5.69 Å². The van der Waals surface area contributed by atoms with Gasteiger partial charge in [-0.05, 0) is 85.2 Å². The largest absolute Gasteiger partial charge is 0.331 e. The number of carbonyl (C=O) groups excluding carboxylic acids is 1. The first-order chi connectivity index (χ1) is 13.7. The first-order valence-electron chi connectivity index (χ1n) is 10.2. The van der Waals surface area contributed by atoms with Crippen LogP contribution in [0.3, 0.4) is 0 Å². The fourth-order valence-corrected chi connectivity index (χ4v) is 3.94. The van der Waals surface area contributed by atoms with Gasteiger partial charge in [0.2, 0.25) is 0 Å². The molecule has 3 aromatic rings. The zero-order chi connectivity index (χ0) is 19.3. The number of aromatic nitrogens is 1. The Morgan fingerprint density at radius 2 is 1.71 bits per heavy atom. The van der Waals surface area contributed by atoms with Crippen molar-refractivity contribution in [1.82, 2.24) is 9.88 Å². The normalized spacial score (nSPS) is 14.2. The number of nitrogens with one attached hydrogen (secondary N) is 2. The van der Waals surface area contributed by atoms with E-state index < -0.39 is 0 Å². The van der Waals surface area contributed by atoms with E-state index in [0.717, 1.165) is 24.2 Å². The van der Waals surface area contributed by atoms with Crippen LogP contribution >= 0.6 is 0 Å². The molecule has 4 nitrogen and oxygen atoms in total. The fourth-order valence-electron chi connectivity index (χ4n) is 3.94. The smallest absolute Gasteiger partial charge is 0.319 e. The lowest BCUT2D eigenvalue weighted by Gasteiger charge is -2.22. The average molecular weight is 374 g/mol. The molecule has 1 aliphatic carbocycles. The second-order valence-corrected chi connectivity index (χ2v) is 7.43. The maximum atomic E-state index is 12.5. The Morgan fingerprint density at radius 1 is 1.00 bits per heavy atom. The van der Waals surface area contributed by atoms with Gasteiger partial charge >= 0.3 is 6.03 Å². The van der Waals surface area contributed by atoms with Gasteiger partial charge in [0.05, 0.1) is 6.04 Å². The zero-order valence-electron chi connectivity index (χ0n) is 16.3. The maximum absolute atomic E-state index is 12.5. The summed E-state index contributed by atoms with van der Waals surface area (Å²) in [5.74, 6) is 0. The number of rotatable bonds is 5. The molecule has 28 heavy (non-hydrogen) atoms. The highest BCUT2D eigenvalue weighted by molar-refractivity contribution is 5.89. The van der Waals surface area contributed by atoms with E-state index in [1.807, 2.05) is 53.4 Å². The Kier molecular flexibility index (Phi) is 5.47. The van der Waals surface area contributed by atoms with Crippen LogP contribution in [0.5, 0.6) is 0 Å². The molecular formula is C24H27N3O. The Bertz CT molecular complexity index is 929. The van der Waals surface area contributed by atoms with E-state index >= 15 is 0 Å². The van der Waals surface area contributed by atoms with Crippen molar-refractivity contribution in [2.24, 2.45) is 0 Å². The highest BCUT2D eigenvalue weighted by Crippen LogP contribution is 2.26. The number of aryl methyl sites for hydroxylation is 2. The third kappa shape index (κ3) is 4.11. The lowest BCUT2D eigenvalue weighted by atomic mass is 9.89. The molecule has 0 bridgehead atoms. The van der Waals surface area contributed by atoms with Gasteiger partial charge in [-0.2, -0.15) is 0 Å². The summed E-state index contributed by atoms with van der Waals surface area (Å²) in [6.45, 7) is 2.11. The second-order valence-electron chi connectivity index (χ2n) is 7.43. The van der Waals surface area contributed by atoms with E-state index in [1.165, 1.54) is 36.0 Å². The number of anilines is 1. The van der Waals surface area contributed by atoms with Crippen molar-refractivity contribution in [1.29, 1.82) is 0 Å². The van der Waals surface area contributed by atoms with E-state index in [9.17, 15) is 4.79 Å². The van der Waals surface area contributed by atoms with Crippen LogP contribution in [0.2, 0.25) is 0 Å². The fraction of sp³-hybridized carbons (Fsp3) is 0.292. The van der Waals surface area contributed by atoms with Gasteiger partial charge in [-0.1, -0.05) is 25.1 Å². The maximum Gasteiger partial charge on any atom is 0.319 e. The summed E-state index contributed by atoms with van der Waals surface area (Å²) in [6.07, 6.45) is 9.74. The first kappa shape index (κ1) is 18.4. The molecule has 1 aliphatic rings. The van der Waals surface area contributed by atoms with Crippen LogP contribution in [0.4, 0.5) is 10.5 Å². The summed E-state index contributed by atoms with van der Waals surface area (Å²) in [6, 6.07) is 18.4. The number of nitrogens with zero attached hydrogens (tertiary/aromatic N) is 1. The Balaban J connectivity index is 1.40. The zero-order valence-corrected chi connectivity index (χ0v) is 16.3. The third-order valence-corrected chi connectivity index (χ3v) is 5.52. The molecule has 1 aromatic heterocycles. The minimum Gasteiger partial charge on any atom is -0.331 e. The second kappa shape index (κ2) is 8.34. The van der Waals surface area contributed by atoms with Crippen LogP contribution < -0.4 is 10.6 Å². The molecule has 1 atom stereocenters. The van der Waals surface area contributed by atoms with Gasteiger partial charge in [0.15, 0.2) is 0 Å². The molecule has 2 N–H and O–H groups in total. The predicted molar refractivity (Wildman–Crippen MR) is 114 cm³/mol. The van der Waals surface area contributed by atoms with E-state index in [0.29, 0.717) is 0 Å². The summed E-state index contributed by atoms with van der Waals surface area (Å²) in [5, 5.41) is 6.08. The molecule has 4 heteroatoms. The molecule has 2 aromatic carbocycles. The Morgan fingerprint density at radius 3 is 2.43 bits per heavy atom. The number of carbonyl (C=O) groups is 1. The van der Waals surface area contributed by atoms with Crippen molar-refractivity contribution >= 4 is 11.7 Å². The molecule has 0 radical (unpaired) electrons. The molecule has 0 spiro atoms. The average Bonchev–Trinajstić information content (AvgIpc) is 3.27. The lowest BCUT2D eigenvalue weighted by Crippen LogP contribution is -2.32. The van der Waals surface area contributed by atoms with Crippen molar-refractivity contribution in [3.63, 3.8) is 0 Å².